The largest absolute Gasteiger partial charge is 0.462 e. The normalized spacial score (nSPS) is 10.8. The van der Waals surface area contributed by atoms with E-state index in [1.807, 2.05) is 69.3 Å². The summed E-state index contributed by atoms with van der Waals surface area (Å²) < 4.78 is 5.41. The number of anilines is 1. The zero-order valence-electron chi connectivity index (χ0n) is 15.8. The maximum atomic E-state index is 13.0. The second kappa shape index (κ2) is 8.40. The minimum atomic E-state index is -0.368. The number of halogens is 1. The SMILES string of the molecule is CCOC(=O)c1c(N(CC)CC)nc2ccc(Cl)cc2c1-c1ccccc1. The van der Waals surface area contributed by atoms with E-state index in [4.69, 9.17) is 21.3 Å². The quantitative estimate of drug-likeness (QED) is 0.522. The smallest absolute Gasteiger partial charge is 0.342 e. The molecule has 3 aromatic rings. The predicted molar refractivity (Wildman–Crippen MR) is 112 cm³/mol. The molecule has 0 aliphatic carbocycles. The fourth-order valence-corrected chi connectivity index (χ4v) is 3.45. The molecule has 5 heteroatoms. The molecule has 1 aromatic heterocycles. The Labute approximate surface area is 164 Å². The number of benzene rings is 2. The van der Waals surface area contributed by atoms with Crippen LogP contribution >= 0.6 is 11.6 Å². The first-order valence-corrected chi connectivity index (χ1v) is 9.59. The van der Waals surface area contributed by atoms with Gasteiger partial charge in [0.2, 0.25) is 0 Å². The van der Waals surface area contributed by atoms with Gasteiger partial charge in [0.05, 0.1) is 12.1 Å². The minimum absolute atomic E-state index is 0.304. The van der Waals surface area contributed by atoms with Gasteiger partial charge < -0.3 is 9.64 Å². The van der Waals surface area contributed by atoms with Crippen molar-refractivity contribution in [2.45, 2.75) is 20.8 Å². The van der Waals surface area contributed by atoms with Gasteiger partial charge in [-0.3, -0.25) is 0 Å². The molecule has 140 valence electrons. The van der Waals surface area contributed by atoms with Gasteiger partial charge in [-0.15, -0.1) is 0 Å². The molecule has 27 heavy (non-hydrogen) atoms. The van der Waals surface area contributed by atoms with Crippen LogP contribution in [0.15, 0.2) is 48.5 Å². The van der Waals surface area contributed by atoms with Gasteiger partial charge in [-0.2, -0.15) is 0 Å². The Morgan fingerprint density at radius 2 is 1.78 bits per heavy atom. The Morgan fingerprint density at radius 1 is 1.07 bits per heavy atom. The van der Waals surface area contributed by atoms with Crippen molar-refractivity contribution in [3.63, 3.8) is 0 Å². The van der Waals surface area contributed by atoms with Crippen molar-refractivity contribution in [1.82, 2.24) is 4.98 Å². The van der Waals surface area contributed by atoms with Gasteiger partial charge in [0.25, 0.3) is 0 Å². The highest BCUT2D eigenvalue weighted by Gasteiger charge is 2.26. The molecular weight excluding hydrogens is 360 g/mol. The molecule has 1 heterocycles. The summed E-state index contributed by atoms with van der Waals surface area (Å²) in [5, 5.41) is 1.44. The van der Waals surface area contributed by atoms with E-state index in [1.165, 1.54) is 0 Å². The Hall–Kier alpha value is -2.59. The molecule has 0 amide bonds. The Balaban J connectivity index is 2.46. The molecule has 0 fully saturated rings. The number of ether oxygens (including phenoxy) is 1. The van der Waals surface area contributed by atoms with Gasteiger partial charge in [0, 0.05) is 29.1 Å². The van der Waals surface area contributed by atoms with E-state index in [9.17, 15) is 4.79 Å². The lowest BCUT2D eigenvalue weighted by Gasteiger charge is -2.25. The third kappa shape index (κ3) is 3.76. The van der Waals surface area contributed by atoms with Crippen LogP contribution in [-0.2, 0) is 4.74 Å². The predicted octanol–water partition coefficient (Wildman–Crippen LogP) is 5.58. The summed E-state index contributed by atoms with van der Waals surface area (Å²) in [5.74, 6) is 0.278. The number of aromatic nitrogens is 1. The maximum Gasteiger partial charge on any atom is 0.342 e. The molecule has 4 nitrogen and oxygen atoms in total. The number of carbonyl (C=O) groups is 1. The van der Waals surface area contributed by atoms with Gasteiger partial charge in [-0.1, -0.05) is 41.9 Å². The number of fused-ring (bicyclic) bond motifs is 1. The second-order valence-electron chi connectivity index (χ2n) is 6.11. The van der Waals surface area contributed by atoms with E-state index in [1.54, 1.807) is 0 Å². The van der Waals surface area contributed by atoms with Crippen LogP contribution < -0.4 is 4.90 Å². The van der Waals surface area contributed by atoms with Crippen LogP contribution in [0.5, 0.6) is 0 Å². The number of rotatable bonds is 6. The molecule has 3 rings (SSSR count). The Bertz CT molecular complexity index is 953. The molecule has 0 N–H and O–H groups in total. The number of hydrogen-bond acceptors (Lipinski definition) is 4. The summed E-state index contributed by atoms with van der Waals surface area (Å²) in [6.45, 7) is 7.69. The lowest BCUT2D eigenvalue weighted by Crippen LogP contribution is -2.26. The topological polar surface area (TPSA) is 42.4 Å². The Kier molecular flexibility index (Phi) is 5.97. The summed E-state index contributed by atoms with van der Waals surface area (Å²) in [6, 6.07) is 15.4. The van der Waals surface area contributed by atoms with Crippen LogP contribution in [0.2, 0.25) is 5.02 Å². The highest BCUT2D eigenvalue weighted by atomic mass is 35.5. The van der Waals surface area contributed by atoms with Crippen LogP contribution in [0.1, 0.15) is 31.1 Å². The van der Waals surface area contributed by atoms with Crippen molar-refractivity contribution >= 4 is 34.3 Å². The van der Waals surface area contributed by atoms with Crippen molar-refractivity contribution in [2.24, 2.45) is 0 Å². The lowest BCUT2D eigenvalue weighted by molar-refractivity contribution is 0.0528. The average molecular weight is 383 g/mol. The molecular formula is C22H23ClN2O2. The monoisotopic (exact) mass is 382 g/mol. The van der Waals surface area contributed by atoms with E-state index in [0.29, 0.717) is 23.0 Å². The van der Waals surface area contributed by atoms with Gasteiger partial charge in [-0.25, -0.2) is 9.78 Å². The number of carbonyl (C=O) groups excluding carboxylic acids is 1. The number of hydrogen-bond donors (Lipinski definition) is 0. The Morgan fingerprint density at radius 3 is 2.41 bits per heavy atom. The second-order valence-corrected chi connectivity index (χ2v) is 6.54. The first-order valence-electron chi connectivity index (χ1n) is 9.21. The van der Waals surface area contributed by atoms with E-state index in [-0.39, 0.29) is 5.97 Å². The van der Waals surface area contributed by atoms with Crippen molar-refractivity contribution in [3.8, 4) is 11.1 Å². The van der Waals surface area contributed by atoms with Crippen LogP contribution in [0, 0.1) is 0 Å². The molecule has 0 aliphatic rings. The van der Waals surface area contributed by atoms with Crippen molar-refractivity contribution in [2.75, 3.05) is 24.6 Å². The summed E-state index contributed by atoms with van der Waals surface area (Å²) in [4.78, 5) is 19.9. The summed E-state index contributed by atoms with van der Waals surface area (Å²) in [7, 11) is 0. The summed E-state index contributed by atoms with van der Waals surface area (Å²) in [6.07, 6.45) is 0. The molecule has 0 aliphatic heterocycles. The van der Waals surface area contributed by atoms with Crippen LogP contribution in [0.25, 0.3) is 22.0 Å². The standard InChI is InChI=1S/C22H23ClN2O2/c1-4-25(5-2)21-20(22(26)27-6-3)19(15-10-8-7-9-11-15)17-14-16(23)12-13-18(17)24-21/h7-14H,4-6H2,1-3H3. The summed E-state index contributed by atoms with van der Waals surface area (Å²) in [5.41, 5.74) is 3.03. The van der Waals surface area contributed by atoms with Gasteiger partial charge >= 0.3 is 5.97 Å². The molecule has 0 saturated carbocycles. The third-order valence-electron chi connectivity index (χ3n) is 4.53. The molecule has 0 unspecified atom stereocenters. The molecule has 0 atom stereocenters. The zero-order valence-corrected chi connectivity index (χ0v) is 16.6. The average Bonchev–Trinajstić information content (AvgIpc) is 2.69. The number of pyridine rings is 1. The fraction of sp³-hybridized carbons (Fsp3) is 0.273. The van der Waals surface area contributed by atoms with E-state index >= 15 is 0 Å². The highest BCUT2D eigenvalue weighted by Crippen LogP contribution is 2.38. The van der Waals surface area contributed by atoms with E-state index in [0.717, 1.165) is 35.1 Å². The molecule has 2 aromatic carbocycles. The van der Waals surface area contributed by atoms with Gasteiger partial charge in [-0.05, 0) is 44.5 Å². The first kappa shape index (κ1) is 19.2. The highest BCUT2D eigenvalue weighted by molar-refractivity contribution is 6.31. The zero-order chi connectivity index (χ0) is 19.4. The van der Waals surface area contributed by atoms with E-state index < -0.39 is 0 Å². The van der Waals surface area contributed by atoms with Gasteiger partial charge in [0.1, 0.15) is 11.4 Å². The van der Waals surface area contributed by atoms with Gasteiger partial charge in [0.15, 0.2) is 0 Å². The molecule has 0 spiro atoms. The fourth-order valence-electron chi connectivity index (χ4n) is 3.28. The molecule has 0 saturated heterocycles. The summed E-state index contributed by atoms with van der Waals surface area (Å²) >= 11 is 6.27. The van der Waals surface area contributed by atoms with Crippen molar-refractivity contribution in [3.05, 3.63) is 59.1 Å². The molecule has 0 radical (unpaired) electrons. The van der Waals surface area contributed by atoms with Crippen LogP contribution in [0.4, 0.5) is 5.82 Å². The van der Waals surface area contributed by atoms with Crippen LogP contribution in [-0.4, -0.2) is 30.6 Å². The third-order valence-corrected chi connectivity index (χ3v) is 4.77. The number of nitrogens with zero attached hydrogens (tertiary/aromatic N) is 2. The van der Waals surface area contributed by atoms with E-state index in [2.05, 4.69) is 4.90 Å². The van der Waals surface area contributed by atoms with Crippen molar-refractivity contribution < 1.29 is 9.53 Å². The van der Waals surface area contributed by atoms with Crippen molar-refractivity contribution in [1.29, 1.82) is 0 Å². The lowest BCUT2D eigenvalue weighted by atomic mass is 9.95. The number of esters is 1. The maximum absolute atomic E-state index is 13.0. The van der Waals surface area contributed by atoms with Crippen LogP contribution in [0.3, 0.4) is 0 Å². The molecule has 0 bridgehead atoms. The minimum Gasteiger partial charge on any atom is -0.462 e. The first-order chi connectivity index (χ1) is 13.1.